The van der Waals surface area contributed by atoms with E-state index in [1.165, 1.54) is 5.48 Å². The van der Waals surface area contributed by atoms with E-state index >= 15 is 0 Å². The highest BCUT2D eigenvalue weighted by Gasteiger charge is 2.33. The molecule has 0 heterocycles. The van der Waals surface area contributed by atoms with Crippen molar-refractivity contribution >= 4 is 0 Å². The fourth-order valence-corrected chi connectivity index (χ4v) is 1.71. The van der Waals surface area contributed by atoms with Crippen LogP contribution in [0.15, 0.2) is 0 Å². The molecule has 4 N–H and O–H groups in total. The number of hydroxylamine groups is 1. The summed E-state index contributed by atoms with van der Waals surface area (Å²) in [6.45, 7) is 8.63. The van der Waals surface area contributed by atoms with Gasteiger partial charge in [-0.3, -0.25) is 0 Å². The normalized spacial score (nSPS) is 15.5. The molecule has 1 atom stereocenters. The first-order valence-corrected chi connectivity index (χ1v) is 4.63. The zero-order valence-corrected chi connectivity index (χ0v) is 8.67. The van der Waals surface area contributed by atoms with E-state index in [1.807, 2.05) is 0 Å². The van der Waals surface area contributed by atoms with Gasteiger partial charge in [0.25, 0.3) is 0 Å². The predicted octanol–water partition coefficient (Wildman–Crippen LogP) is 1.37. The molecule has 3 nitrogen and oxygen atoms in total. The second kappa shape index (κ2) is 6.40. The van der Waals surface area contributed by atoms with Gasteiger partial charge in [-0.05, 0) is 19.8 Å². The molecule has 0 aliphatic carbocycles. The molecule has 0 aromatic carbocycles. The lowest BCUT2D eigenvalue weighted by atomic mass is 9.80. The van der Waals surface area contributed by atoms with Crippen molar-refractivity contribution in [1.29, 1.82) is 0 Å². The first-order valence-electron chi connectivity index (χ1n) is 4.63. The predicted molar refractivity (Wildman–Crippen MR) is 48.4 cm³/mol. The van der Waals surface area contributed by atoms with Crippen LogP contribution in [0.5, 0.6) is 0 Å². The van der Waals surface area contributed by atoms with Crippen molar-refractivity contribution in [3.8, 4) is 0 Å². The maximum atomic E-state index is 9.09. The number of nitrogens with two attached hydrogens (primary N) is 1. The van der Waals surface area contributed by atoms with Crippen molar-refractivity contribution in [1.82, 2.24) is 0 Å². The fraction of sp³-hybridized carbons (Fsp3) is 1.00. The maximum Gasteiger partial charge on any atom is 0.125 e. The monoisotopic (exact) mass is 177 g/mol. The minimum Gasteiger partial charge on any atom is -0.870 e. The summed E-state index contributed by atoms with van der Waals surface area (Å²) in [7, 11) is 0. The summed E-state index contributed by atoms with van der Waals surface area (Å²) in [6.07, 6.45) is 3.33. The highest BCUT2D eigenvalue weighted by atomic mass is 16.5. The van der Waals surface area contributed by atoms with Gasteiger partial charge in [-0.1, -0.05) is 20.8 Å². The van der Waals surface area contributed by atoms with E-state index in [2.05, 4.69) is 27.7 Å². The smallest absolute Gasteiger partial charge is 0.125 e. The second-order valence-electron chi connectivity index (χ2n) is 3.50. The Morgan fingerprint density at radius 2 is 1.67 bits per heavy atom. The van der Waals surface area contributed by atoms with Crippen molar-refractivity contribution in [3.63, 3.8) is 0 Å². The fourth-order valence-electron chi connectivity index (χ4n) is 1.71. The molecule has 0 rings (SSSR count). The number of quaternary nitrogens is 1. The summed E-state index contributed by atoms with van der Waals surface area (Å²) >= 11 is 0. The van der Waals surface area contributed by atoms with Crippen LogP contribution in [0.4, 0.5) is 0 Å². The Hall–Kier alpha value is -0.120. The molecular formula is C9H23NO2. The molecule has 0 fully saturated rings. The van der Waals surface area contributed by atoms with Crippen molar-refractivity contribution < 1.29 is 16.2 Å². The first-order chi connectivity index (χ1) is 5.14. The number of rotatable bonds is 5. The number of hydrogen-bond donors (Lipinski definition) is 2. The van der Waals surface area contributed by atoms with E-state index in [-0.39, 0.29) is 11.0 Å². The van der Waals surface area contributed by atoms with Crippen LogP contribution in [0.3, 0.4) is 0 Å². The van der Waals surface area contributed by atoms with Crippen LogP contribution < -0.4 is 5.48 Å². The molecule has 3 heteroatoms. The lowest BCUT2D eigenvalue weighted by molar-refractivity contribution is -0.938. The van der Waals surface area contributed by atoms with Crippen molar-refractivity contribution in [2.24, 2.45) is 5.92 Å². The Kier molecular flexibility index (Phi) is 7.69. The topological polar surface area (TPSA) is 66.8 Å². The highest BCUT2D eigenvalue weighted by Crippen LogP contribution is 2.22. The molecule has 0 aromatic rings. The molecule has 0 aliphatic heterocycles. The van der Waals surface area contributed by atoms with Gasteiger partial charge in [0, 0.05) is 12.3 Å². The Balaban J connectivity index is 0. The Morgan fingerprint density at radius 3 is 1.75 bits per heavy atom. The second-order valence-corrected chi connectivity index (χ2v) is 3.50. The van der Waals surface area contributed by atoms with Crippen molar-refractivity contribution in [2.75, 3.05) is 0 Å². The highest BCUT2D eigenvalue weighted by molar-refractivity contribution is 4.77. The van der Waals surface area contributed by atoms with Gasteiger partial charge < -0.3 is 5.48 Å². The average Bonchev–Trinajstić information content (AvgIpc) is 2.06. The molecule has 1 unspecified atom stereocenters. The van der Waals surface area contributed by atoms with Crippen LogP contribution in [0, 0.1) is 5.92 Å². The zero-order valence-electron chi connectivity index (χ0n) is 8.67. The van der Waals surface area contributed by atoms with Crippen molar-refractivity contribution in [3.05, 3.63) is 0 Å². The van der Waals surface area contributed by atoms with Crippen LogP contribution in [0.1, 0.15) is 47.0 Å². The molecule has 0 aliphatic rings. The average molecular weight is 177 g/mol. The van der Waals surface area contributed by atoms with Gasteiger partial charge in [-0.15, -0.1) is 0 Å². The van der Waals surface area contributed by atoms with Gasteiger partial charge in [0.15, 0.2) is 0 Å². The molecule has 0 saturated heterocycles. The molecule has 0 radical (unpaired) electrons. The largest absolute Gasteiger partial charge is 0.870 e. The molecule has 0 saturated carbocycles. The summed E-state index contributed by atoms with van der Waals surface area (Å²) in [6, 6.07) is 0. The third kappa shape index (κ3) is 3.09. The van der Waals surface area contributed by atoms with Crippen LogP contribution >= 0.6 is 0 Å². The standard InChI is InChI=1S/C9H21NO.H2O/c1-5-8(6-2)9(4,7-3)10-11;/h8,10-11H,5-7H2,1-4H3;1H2. The summed E-state index contributed by atoms with van der Waals surface area (Å²) in [4.78, 5) is 0. The molecule has 0 aromatic heterocycles. The third-order valence-electron chi connectivity index (χ3n) is 2.97. The molecule has 0 amide bonds. The Labute approximate surface area is 75.4 Å². The van der Waals surface area contributed by atoms with E-state index < -0.39 is 0 Å². The van der Waals surface area contributed by atoms with Crippen LogP contribution in [0.2, 0.25) is 0 Å². The molecular weight excluding hydrogens is 154 g/mol. The van der Waals surface area contributed by atoms with E-state index in [1.54, 1.807) is 0 Å². The van der Waals surface area contributed by atoms with E-state index in [0.29, 0.717) is 5.92 Å². The Morgan fingerprint density at radius 1 is 1.25 bits per heavy atom. The lowest BCUT2D eigenvalue weighted by Crippen LogP contribution is -2.95. The van der Waals surface area contributed by atoms with Gasteiger partial charge in [0.2, 0.25) is 0 Å². The minimum atomic E-state index is 0. The summed E-state index contributed by atoms with van der Waals surface area (Å²) < 4.78 is 0. The summed E-state index contributed by atoms with van der Waals surface area (Å²) in [5, 5.41) is 9.09. The van der Waals surface area contributed by atoms with Gasteiger partial charge >= 0.3 is 0 Å². The Bertz CT molecular complexity index is 98.7. The molecule has 0 spiro atoms. The van der Waals surface area contributed by atoms with Crippen LogP contribution in [-0.4, -0.2) is 16.2 Å². The summed E-state index contributed by atoms with van der Waals surface area (Å²) in [5.41, 5.74) is 1.41. The SMILES string of the molecule is CCC(CC)C(C)(CC)[NH2+]O.[OH-]. The van der Waals surface area contributed by atoms with Crippen molar-refractivity contribution in [2.45, 2.75) is 52.5 Å². The number of hydrogen-bond acceptors (Lipinski definition) is 2. The third-order valence-corrected chi connectivity index (χ3v) is 2.97. The van der Waals surface area contributed by atoms with E-state index in [9.17, 15) is 0 Å². The molecule has 76 valence electrons. The first kappa shape index (κ1) is 14.4. The zero-order chi connectivity index (χ0) is 8.91. The van der Waals surface area contributed by atoms with Gasteiger partial charge in [-0.2, -0.15) is 5.48 Å². The van der Waals surface area contributed by atoms with Crippen LogP contribution in [0.25, 0.3) is 0 Å². The van der Waals surface area contributed by atoms with E-state index in [4.69, 9.17) is 5.21 Å². The molecule has 0 bridgehead atoms. The lowest BCUT2D eigenvalue weighted by Gasteiger charge is -2.30. The minimum absolute atomic E-state index is 0. The summed E-state index contributed by atoms with van der Waals surface area (Å²) in [5.74, 6) is 0.623. The van der Waals surface area contributed by atoms with Gasteiger partial charge in [0.1, 0.15) is 5.54 Å². The quantitative estimate of drug-likeness (QED) is 0.623. The van der Waals surface area contributed by atoms with Crippen LogP contribution in [-0.2, 0) is 0 Å². The maximum absolute atomic E-state index is 9.09. The van der Waals surface area contributed by atoms with Gasteiger partial charge in [-0.25, -0.2) is 5.21 Å². The molecule has 12 heavy (non-hydrogen) atoms. The van der Waals surface area contributed by atoms with Gasteiger partial charge in [0.05, 0.1) is 0 Å². The van der Waals surface area contributed by atoms with E-state index in [0.717, 1.165) is 19.3 Å².